The topological polar surface area (TPSA) is 159 Å². The molecule has 118 valence electrons. The van der Waals surface area contributed by atoms with Gasteiger partial charge in [-0.3, -0.25) is 24.2 Å². The number of aliphatic carboxylic acids is 4. The first-order chi connectivity index (χ1) is 9.20. The molecule has 0 spiro atoms. The standard InChI is InChI=1S/C10H16N2O8.Ce/c13-7(14)3-11(4-8(15)16)1-2-12(5-9(17)18)6-10(19)20;/h1-6H2,(H,13,14)(H,15,16)(H,17,18)(H,19,20);/p-1. The van der Waals surface area contributed by atoms with Gasteiger partial charge in [-0.25, -0.2) is 0 Å². The van der Waals surface area contributed by atoms with E-state index < -0.39 is 50.1 Å². The average molecular weight is 431 g/mol. The summed E-state index contributed by atoms with van der Waals surface area (Å²) in [6.45, 7) is -2.50. The maximum atomic E-state index is 10.5. The van der Waals surface area contributed by atoms with E-state index in [0.29, 0.717) is 0 Å². The summed E-state index contributed by atoms with van der Waals surface area (Å²) < 4.78 is 0. The summed E-state index contributed by atoms with van der Waals surface area (Å²) in [5, 5.41) is 36.3. The number of carboxylic acids is 4. The molecule has 0 aromatic rings. The van der Waals surface area contributed by atoms with Gasteiger partial charge in [0.1, 0.15) is 0 Å². The van der Waals surface area contributed by atoms with Gasteiger partial charge in [0.2, 0.25) is 0 Å². The van der Waals surface area contributed by atoms with E-state index in [-0.39, 0.29) is 54.8 Å². The third-order valence-electron chi connectivity index (χ3n) is 2.16. The number of carboxylic acid groups (broad SMARTS) is 4. The Balaban J connectivity index is 0. The van der Waals surface area contributed by atoms with Crippen LogP contribution in [0, 0.1) is 41.7 Å². The number of carbonyl (C=O) groups is 4. The van der Waals surface area contributed by atoms with Crippen molar-refractivity contribution < 1.29 is 81.4 Å². The SMILES string of the molecule is O=C([O-])CN(CCN(CC(=O)O)CC(=O)O)CC(=O)O.[Ce]. The Morgan fingerprint density at radius 3 is 1.24 bits per heavy atom. The zero-order valence-corrected chi connectivity index (χ0v) is 14.2. The number of hydrogen-bond donors (Lipinski definition) is 3. The van der Waals surface area contributed by atoms with Gasteiger partial charge < -0.3 is 25.2 Å². The molecule has 0 aromatic heterocycles. The Hall–Kier alpha value is -0.823. The molecule has 0 aliphatic heterocycles. The third-order valence-corrected chi connectivity index (χ3v) is 2.16. The minimum atomic E-state index is -1.48. The van der Waals surface area contributed by atoms with Crippen LogP contribution in [-0.2, 0) is 19.2 Å². The van der Waals surface area contributed by atoms with Gasteiger partial charge in [0.15, 0.2) is 0 Å². The molecule has 0 atom stereocenters. The van der Waals surface area contributed by atoms with Crippen LogP contribution in [0.1, 0.15) is 0 Å². The van der Waals surface area contributed by atoms with Crippen molar-refractivity contribution in [3.05, 3.63) is 0 Å². The van der Waals surface area contributed by atoms with Crippen LogP contribution in [0.15, 0.2) is 0 Å². The summed E-state index contributed by atoms with van der Waals surface area (Å²) in [4.78, 5) is 44.1. The van der Waals surface area contributed by atoms with Crippen molar-refractivity contribution in [2.75, 3.05) is 39.3 Å². The van der Waals surface area contributed by atoms with E-state index in [0.717, 1.165) is 9.80 Å². The zero-order chi connectivity index (χ0) is 15.7. The molecule has 0 rings (SSSR count). The Bertz CT molecular complexity index is 321. The van der Waals surface area contributed by atoms with E-state index in [1.165, 1.54) is 0 Å². The van der Waals surface area contributed by atoms with Gasteiger partial charge in [-0.15, -0.1) is 0 Å². The average Bonchev–Trinajstić information content (AvgIpc) is 2.22. The molecule has 0 aliphatic rings. The third kappa shape index (κ3) is 13.9. The van der Waals surface area contributed by atoms with Gasteiger partial charge in [0.05, 0.1) is 25.6 Å². The van der Waals surface area contributed by atoms with Crippen LogP contribution in [0.2, 0.25) is 0 Å². The van der Waals surface area contributed by atoms with Crippen LogP contribution in [0.3, 0.4) is 0 Å². The van der Waals surface area contributed by atoms with Crippen LogP contribution in [-0.4, -0.2) is 88.3 Å². The van der Waals surface area contributed by atoms with Crippen molar-refractivity contribution in [2.24, 2.45) is 0 Å². The van der Waals surface area contributed by atoms with E-state index in [1.807, 2.05) is 0 Å². The molecule has 0 bridgehead atoms. The molecular weight excluding hydrogens is 416 g/mol. The molecule has 0 saturated carbocycles. The fraction of sp³-hybridized carbons (Fsp3) is 0.600. The molecular formula is C10H15CeN2O8-. The first kappa shape index (κ1) is 22.5. The summed E-state index contributed by atoms with van der Waals surface area (Å²) in [5.41, 5.74) is 0. The fourth-order valence-corrected chi connectivity index (χ4v) is 1.47. The first-order valence-corrected chi connectivity index (χ1v) is 5.50. The summed E-state index contributed by atoms with van der Waals surface area (Å²) in [6.07, 6.45) is 0. The maximum Gasteiger partial charge on any atom is 0.317 e. The van der Waals surface area contributed by atoms with Crippen molar-refractivity contribution in [2.45, 2.75) is 0 Å². The summed E-state index contributed by atoms with van der Waals surface area (Å²) in [5.74, 6) is -5.21. The molecule has 0 unspecified atom stereocenters. The molecule has 0 radical (unpaired) electrons. The van der Waals surface area contributed by atoms with Crippen LogP contribution < -0.4 is 5.11 Å². The normalized spacial score (nSPS) is 10.2. The van der Waals surface area contributed by atoms with Crippen molar-refractivity contribution in [3.63, 3.8) is 0 Å². The van der Waals surface area contributed by atoms with Crippen LogP contribution >= 0.6 is 0 Å². The van der Waals surface area contributed by atoms with E-state index in [2.05, 4.69) is 0 Å². The van der Waals surface area contributed by atoms with E-state index in [4.69, 9.17) is 15.3 Å². The molecule has 0 aliphatic carbocycles. The Kier molecular flexibility index (Phi) is 12.6. The quantitative estimate of drug-likeness (QED) is 0.301. The fourth-order valence-electron chi connectivity index (χ4n) is 1.47. The predicted molar refractivity (Wildman–Crippen MR) is 60.8 cm³/mol. The smallest absolute Gasteiger partial charge is 0.317 e. The Morgan fingerprint density at radius 2 is 1.00 bits per heavy atom. The summed E-state index contributed by atoms with van der Waals surface area (Å²) in [7, 11) is 0. The van der Waals surface area contributed by atoms with Crippen LogP contribution in [0.4, 0.5) is 0 Å². The van der Waals surface area contributed by atoms with E-state index >= 15 is 0 Å². The van der Waals surface area contributed by atoms with E-state index in [1.54, 1.807) is 0 Å². The number of hydrogen-bond acceptors (Lipinski definition) is 7. The molecule has 10 nitrogen and oxygen atoms in total. The van der Waals surface area contributed by atoms with Crippen molar-refractivity contribution in [1.29, 1.82) is 0 Å². The van der Waals surface area contributed by atoms with Gasteiger partial charge in [-0.2, -0.15) is 0 Å². The molecule has 21 heavy (non-hydrogen) atoms. The molecule has 3 N–H and O–H groups in total. The minimum absolute atomic E-state index is 0. The second-order valence-electron chi connectivity index (χ2n) is 3.97. The number of nitrogens with zero attached hydrogens (tertiary/aromatic N) is 2. The van der Waals surface area contributed by atoms with E-state index in [9.17, 15) is 24.3 Å². The molecule has 0 fully saturated rings. The summed E-state index contributed by atoms with van der Waals surface area (Å²) in [6, 6.07) is 0. The summed E-state index contributed by atoms with van der Waals surface area (Å²) >= 11 is 0. The maximum absolute atomic E-state index is 10.5. The molecule has 11 heteroatoms. The predicted octanol–water partition coefficient (Wildman–Crippen LogP) is -3.41. The van der Waals surface area contributed by atoms with Crippen LogP contribution in [0.5, 0.6) is 0 Å². The van der Waals surface area contributed by atoms with Gasteiger partial charge in [-0.05, 0) is 0 Å². The van der Waals surface area contributed by atoms with Gasteiger partial charge in [0.25, 0.3) is 0 Å². The first-order valence-electron chi connectivity index (χ1n) is 5.50. The minimum Gasteiger partial charge on any atom is -0.549 e. The Morgan fingerprint density at radius 1 is 0.714 bits per heavy atom. The Labute approximate surface area is 153 Å². The van der Waals surface area contributed by atoms with Gasteiger partial charge >= 0.3 is 17.9 Å². The van der Waals surface area contributed by atoms with Gasteiger partial charge in [-0.1, -0.05) is 0 Å². The number of rotatable bonds is 11. The largest absolute Gasteiger partial charge is 0.549 e. The van der Waals surface area contributed by atoms with Crippen molar-refractivity contribution >= 4 is 23.9 Å². The molecule has 0 aromatic carbocycles. The van der Waals surface area contributed by atoms with Gasteiger partial charge in [0, 0.05) is 61.4 Å². The zero-order valence-electron chi connectivity index (χ0n) is 11.0. The monoisotopic (exact) mass is 431 g/mol. The van der Waals surface area contributed by atoms with Crippen molar-refractivity contribution in [1.82, 2.24) is 9.80 Å². The molecule has 0 saturated heterocycles. The number of carbonyl (C=O) groups excluding carboxylic acids is 1. The molecule has 0 amide bonds. The molecule has 0 heterocycles. The van der Waals surface area contributed by atoms with Crippen LogP contribution in [0.25, 0.3) is 0 Å². The second kappa shape index (κ2) is 11.8. The second-order valence-corrected chi connectivity index (χ2v) is 3.97. The van der Waals surface area contributed by atoms with Crippen molar-refractivity contribution in [3.8, 4) is 0 Å².